The quantitative estimate of drug-likeness (QED) is 0.121. The molecule has 16 nitrogen and oxygen atoms in total. The molecule has 0 unspecified atom stereocenters. The molecule has 2 heterocycles. The Labute approximate surface area is 269 Å². The third-order valence-electron chi connectivity index (χ3n) is 8.58. The lowest BCUT2D eigenvalue weighted by molar-refractivity contribution is -0.247. The fourth-order valence-electron chi connectivity index (χ4n) is 6.14. The highest BCUT2D eigenvalue weighted by Crippen LogP contribution is 2.52. The van der Waals surface area contributed by atoms with Gasteiger partial charge in [0.05, 0.1) is 42.1 Å². The van der Waals surface area contributed by atoms with Crippen molar-refractivity contribution in [2.75, 3.05) is 13.7 Å². The molecule has 48 heavy (non-hydrogen) atoms. The van der Waals surface area contributed by atoms with Gasteiger partial charge in [-0.15, -0.1) is 0 Å². The molecule has 1 aromatic heterocycles. The zero-order valence-corrected chi connectivity index (χ0v) is 25.5. The molecule has 3 aliphatic rings. The van der Waals surface area contributed by atoms with Gasteiger partial charge < -0.3 is 50.5 Å². The number of carbonyl (C=O) groups is 3. The number of nitrogens with one attached hydrogen (secondary N) is 2. The maximum absolute atomic E-state index is 13.6. The Balaban J connectivity index is 0.000000434. The van der Waals surface area contributed by atoms with Gasteiger partial charge in [0.2, 0.25) is 11.6 Å². The van der Waals surface area contributed by atoms with Gasteiger partial charge in [-0.1, -0.05) is 12.1 Å². The summed E-state index contributed by atoms with van der Waals surface area (Å²) in [6.07, 6.45) is -4.41. The number of carbonyl (C=O) groups excluding carboxylic acids is 3. The summed E-state index contributed by atoms with van der Waals surface area (Å²) in [5.41, 5.74) is 0.666. The predicted octanol–water partition coefficient (Wildman–Crippen LogP) is -0.796. The Morgan fingerprint density at radius 1 is 1.12 bits per heavy atom. The summed E-state index contributed by atoms with van der Waals surface area (Å²) < 4.78 is 29.0. The number of halogens is 1. The van der Waals surface area contributed by atoms with Crippen molar-refractivity contribution in [1.82, 2.24) is 9.97 Å². The molecule has 0 saturated carbocycles. The monoisotopic (exact) mass is 673 g/mol. The number of H-pyrrole nitrogens is 2. The number of nitrogens with two attached hydrogens (primary N) is 1. The van der Waals surface area contributed by atoms with E-state index in [1.807, 2.05) is 4.98 Å². The molecule has 1 fully saturated rings. The van der Waals surface area contributed by atoms with Crippen LogP contribution >= 0.6 is 0 Å². The van der Waals surface area contributed by atoms with Crippen LogP contribution in [0.5, 0.6) is 17.2 Å². The molecule has 0 bridgehead atoms. The minimum Gasteiger partial charge on any atom is -0.507 e. The number of rotatable bonds is 5. The van der Waals surface area contributed by atoms with Crippen LogP contribution in [0.3, 0.4) is 0 Å². The van der Waals surface area contributed by atoms with E-state index in [1.54, 1.807) is 11.9 Å². The van der Waals surface area contributed by atoms with Crippen LogP contribution < -0.4 is 21.7 Å². The molecule has 2 aromatic carbocycles. The number of aromatic hydroxyl groups is 2. The Kier molecular flexibility index (Phi) is 9.37. The lowest BCUT2D eigenvalue weighted by Crippen LogP contribution is -2.53. The van der Waals surface area contributed by atoms with Gasteiger partial charge in [0.25, 0.3) is 5.56 Å². The summed E-state index contributed by atoms with van der Waals surface area (Å²) in [5, 5.41) is 53.7. The molecule has 9 N–H and O–H groups in total. The average Bonchev–Trinajstić information content (AvgIpc) is 3.05. The fraction of sp³-hybridized carbons (Fsp3) is 0.387. The van der Waals surface area contributed by atoms with E-state index in [1.165, 1.54) is 25.3 Å². The van der Waals surface area contributed by atoms with Crippen molar-refractivity contribution in [3.8, 4) is 17.2 Å². The van der Waals surface area contributed by atoms with Crippen molar-refractivity contribution >= 4 is 17.3 Å². The number of ketones is 3. The maximum Gasteiger partial charge on any atom is 0.325 e. The van der Waals surface area contributed by atoms with E-state index < -0.39 is 113 Å². The van der Waals surface area contributed by atoms with Gasteiger partial charge in [-0.25, -0.2) is 4.79 Å². The third kappa shape index (κ3) is 5.91. The standard InChI is InChI=1S/C27H29NO11.C4H3FN2O2/c1-10-22(31)13(28)6-17(38-10)39-15-8-27(36,16(30)9-29)7-12-19(15)26(35)21-20(24(12)33)23(32)11-4-3-5-14(37-2)18(11)25(21)34;5-2-1-6-4(9)7-3(2)8/h3-5,10,13,15,17,22,29,31,33,35-36H,6-9,28H2,1-2H3;1H,(H2,6,7,8,9)/t10-,13-,15-,17-,22+,27-;/m0./s1. The Hall–Kier alpha value is -4.78. The summed E-state index contributed by atoms with van der Waals surface area (Å²) in [6.45, 7) is 0.560. The second-order valence-electron chi connectivity index (χ2n) is 11.6. The summed E-state index contributed by atoms with van der Waals surface area (Å²) in [7, 11) is 1.32. The van der Waals surface area contributed by atoms with Gasteiger partial charge in [-0.3, -0.25) is 24.2 Å². The minimum absolute atomic E-state index is 0.0173. The predicted molar refractivity (Wildman–Crippen MR) is 159 cm³/mol. The molecule has 6 atom stereocenters. The van der Waals surface area contributed by atoms with Crippen molar-refractivity contribution in [1.29, 1.82) is 0 Å². The molecule has 0 spiro atoms. The van der Waals surface area contributed by atoms with Crippen molar-refractivity contribution < 1.29 is 58.5 Å². The first-order valence-electron chi connectivity index (χ1n) is 14.6. The number of methoxy groups -OCH3 is 1. The van der Waals surface area contributed by atoms with Crippen LogP contribution in [0.2, 0.25) is 0 Å². The van der Waals surface area contributed by atoms with Crippen LogP contribution in [0.25, 0.3) is 0 Å². The zero-order valence-electron chi connectivity index (χ0n) is 25.5. The highest BCUT2D eigenvalue weighted by molar-refractivity contribution is 6.31. The maximum atomic E-state index is 13.6. The largest absolute Gasteiger partial charge is 0.507 e. The summed E-state index contributed by atoms with van der Waals surface area (Å²) in [5.74, 6) is -4.77. The Morgan fingerprint density at radius 3 is 2.42 bits per heavy atom. The van der Waals surface area contributed by atoms with E-state index in [2.05, 4.69) is 0 Å². The van der Waals surface area contributed by atoms with Crippen molar-refractivity contribution in [2.24, 2.45) is 5.73 Å². The van der Waals surface area contributed by atoms with Crippen LogP contribution in [0.15, 0.2) is 34.0 Å². The molecular formula is C31H32FN3O13. The van der Waals surface area contributed by atoms with Gasteiger partial charge in [-0.2, -0.15) is 4.39 Å². The average molecular weight is 674 g/mol. The number of aromatic nitrogens is 2. The van der Waals surface area contributed by atoms with Crippen LogP contribution in [-0.4, -0.2) is 96.7 Å². The molecular weight excluding hydrogens is 641 g/mol. The topological polar surface area (TPSA) is 272 Å². The summed E-state index contributed by atoms with van der Waals surface area (Å²) in [6, 6.07) is 3.64. The highest BCUT2D eigenvalue weighted by atomic mass is 19.1. The van der Waals surface area contributed by atoms with E-state index >= 15 is 0 Å². The fourth-order valence-corrected chi connectivity index (χ4v) is 6.14. The number of Topliss-reactive ketones (excluding diaryl/α,β-unsaturated/α-hetero) is 1. The first-order chi connectivity index (χ1) is 22.6. The van der Waals surface area contributed by atoms with Crippen molar-refractivity contribution in [3.63, 3.8) is 0 Å². The number of aromatic amines is 2. The van der Waals surface area contributed by atoms with E-state index in [0.29, 0.717) is 6.20 Å². The number of benzene rings is 2. The molecule has 17 heteroatoms. The Morgan fingerprint density at radius 2 is 1.81 bits per heavy atom. The number of hydrogen-bond donors (Lipinski definition) is 8. The molecule has 0 radical (unpaired) electrons. The van der Waals surface area contributed by atoms with E-state index in [9.17, 15) is 53.9 Å². The van der Waals surface area contributed by atoms with Crippen molar-refractivity contribution in [2.45, 2.75) is 62.4 Å². The van der Waals surface area contributed by atoms with Gasteiger partial charge in [0.15, 0.2) is 17.9 Å². The zero-order chi connectivity index (χ0) is 35.2. The number of ether oxygens (including phenoxy) is 3. The molecule has 3 aromatic rings. The second-order valence-corrected chi connectivity index (χ2v) is 11.6. The molecule has 2 aliphatic carbocycles. The lowest BCUT2D eigenvalue weighted by Gasteiger charge is -2.42. The minimum atomic E-state index is -2.24. The molecule has 256 valence electrons. The normalized spacial score (nSPS) is 26.0. The van der Waals surface area contributed by atoms with E-state index in [0.717, 1.165) is 0 Å². The number of phenols is 2. The SMILES string of the molecule is COc1cccc2c1C(=O)c1c(O)c3c(c(O)c1C2=O)C[C@@](O)(C(=O)CO)C[C@@H]3O[C@H]1C[C@H](N)[C@H](O)[C@H](C)O1.O=c1[nH]cc(F)c(=O)[nH]1. The van der Waals surface area contributed by atoms with E-state index in [4.69, 9.17) is 19.9 Å². The van der Waals surface area contributed by atoms with Crippen molar-refractivity contribution in [3.05, 3.63) is 84.4 Å². The molecule has 6 rings (SSSR count). The second kappa shape index (κ2) is 13.0. The molecule has 0 amide bonds. The Bertz CT molecular complexity index is 1910. The van der Waals surface area contributed by atoms with Crippen LogP contribution in [0.1, 0.15) is 68.8 Å². The summed E-state index contributed by atoms with van der Waals surface area (Å²) >= 11 is 0. The number of phenolic OH excluding ortho intramolecular Hbond substituents is 2. The smallest absolute Gasteiger partial charge is 0.325 e. The van der Waals surface area contributed by atoms with Gasteiger partial charge in [0, 0.05) is 48.2 Å². The highest BCUT2D eigenvalue weighted by Gasteiger charge is 2.50. The van der Waals surface area contributed by atoms with Gasteiger partial charge in [-0.05, 0) is 13.0 Å². The van der Waals surface area contributed by atoms with Crippen LogP contribution in [0, 0.1) is 5.82 Å². The summed E-state index contributed by atoms with van der Waals surface area (Å²) in [4.78, 5) is 63.7. The third-order valence-corrected chi connectivity index (χ3v) is 8.58. The first-order valence-corrected chi connectivity index (χ1v) is 14.6. The number of fused-ring (bicyclic) bond motifs is 3. The molecule has 1 saturated heterocycles. The molecule has 1 aliphatic heterocycles. The van der Waals surface area contributed by atoms with Gasteiger partial charge in [0.1, 0.15) is 29.5 Å². The first kappa shape index (κ1) is 34.6. The van der Waals surface area contributed by atoms with E-state index in [-0.39, 0.29) is 34.4 Å². The van der Waals surface area contributed by atoms with Crippen LogP contribution in [0.4, 0.5) is 4.39 Å². The number of aliphatic hydroxyl groups is 3. The van der Waals surface area contributed by atoms with Crippen LogP contribution in [-0.2, 0) is 20.7 Å². The number of hydrogen-bond acceptors (Lipinski definition) is 14. The lowest BCUT2D eigenvalue weighted by atomic mass is 9.72. The van der Waals surface area contributed by atoms with Gasteiger partial charge >= 0.3 is 5.69 Å². The number of aliphatic hydroxyl groups excluding tert-OH is 2.